The zero-order valence-corrected chi connectivity index (χ0v) is 13.4. The van der Waals surface area contributed by atoms with Crippen LogP contribution in [0.5, 0.6) is 0 Å². The molecular weight excluding hydrogens is 307 g/mol. The molecule has 23 heavy (non-hydrogen) atoms. The fraction of sp³-hybridized carbons (Fsp3) is 0.588. The Labute approximate surface area is 134 Å². The number of halogens is 3. The van der Waals surface area contributed by atoms with Gasteiger partial charge in [0, 0.05) is 13.1 Å². The molecule has 2 rings (SSSR count). The maximum Gasteiger partial charge on any atom is 0.416 e. The number of rotatable bonds is 5. The van der Waals surface area contributed by atoms with Crippen molar-refractivity contribution in [2.45, 2.75) is 39.4 Å². The lowest BCUT2D eigenvalue weighted by molar-refractivity contribution is -0.138. The first-order valence-electron chi connectivity index (χ1n) is 7.94. The molecule has 128 valence electrons. The molecule has 0 unspecified atom stereocenters. The number of esters is 1. The first-order chi connectivity index (χ1) is 10.8. The van der Waals surface area contributed by atoms with E-state index in [1.54, 1.807) is 6.92 Å². The van der Waals surface area contributed by atoms with Gasteiger partial charge in [-0.15, -0.1) is 0 Å². The van der Waals surface area contributed by atoms with Crippen LogP contribution in [0, 0.1) is 5.92 Å². The number of benzene rings is 1. The summed E-state index contributed by atoms with van der Waals surface area (Å²) in [7, 11) is 0. The summed E-state index contributed by atoms with van der Waals surface area (Å²) in [6.45, 7) is 5.75. The van der Waals surface area contributed by atoms with Crippen LogP contribution in [-0.4, -0.2) is 30.6 Å². The topological polar surface area (TPSA) is 29.5 Å². The highest BCUT2D eigenvalue weighted by Gasteiger charge is 2.35. The van der Waals surface area contributed by atoms with Crippen LogP contribution < -0.4 is 0 Å². The van der Waals surface area contributed by atoms with Crippen molar-refractivity contribution in [1.82, 2.24) is 4.90 Å². The largest absolute Gasteiger partial charge is 0.462 e. The van der Waals surface area contributed by atoms with Crippen LogP contribution in [0.4, 0.5) is 13.2 Å². The Morgan fingerprint density at radius 1 is 1.35 bits per heavy atom. The smallest absolute Gasteiger partial charge is 0.416 e. The molecule has 0 saturated carbocycles. The van der Waals surface area contributed by atoms with Crippen LogP contribution in [0.2, 0.25) is 0 Å². The van der Waals surface area contributed by atoms with Gasteiger partial charge in [-0.1, -0.05) is 19.4 Å². The van der Waals surface area contributed by atoms with E-state index < -0.39 is 17.7 Å². The van der Waals surface area contributed by atoms with Crippen molar-refractivity contribution in [1.29, 1.82) is 0 Å². The van der Waals surface area contributed by atoms with Crippen molar-refractivity contribution in [3.63, 3.8) is 0 Å². The molecule has 0 bridgehead atoms. The first-order valence-corrected chi connectivity index (χ1v) is 7.94. The third-order valence-electron chi connectivity index (χ3n) is 4.27. The molecular formula is C17H22F3NO2. The third-order valence-corrected chi connectivity index (χ3v) is 4.27. The monoisotopic (exact) mass is 329 g/mol. The third kappa shape index (κ3) is 4.47. The second-order valence-electron chi connectivity index (χ2n) is 5.89. The number of alkyl halides is 3. The van der Waals surface area contributed by atoms with E-state index in [9.17, 15) is 18.0 Å². The van der Waals surface area contributed by atoms with Crippen LogP contribution in [0.15, 0.2) is 18.2 Å². The molecule has 0 radical (unpaired) electrons. The minimum absolute atomic E-state index is 0.0595. The number of likely N-dealkylation sites (tertiary alicyclic amines) is 1. The summed E-state index contributed by atoms with van der Waals surface area (Å²) < 4.78 is 44.8. The molecule has 1 aliphatic rings. The molecule has 6 heteroatoms. The lowest BCUT2D eigenvalue weighted by atomic mass is 10.0. The average molecular weight is 329 g/mol. The fourth-order valence-corrected chi connectivity index (χ4v) is 2.95. The van der Waals surface area contributed by atoms with Gasteiger partial charge in [0.25, 0.3) is 0 Å². The summed E-state index contributed by atoms with van der Waals surface area (Å²) >= 11 is 0. The number of hydrogen-bond donors (Lipinski definition) is 0. The van der Waals surface area contributed by atoms with E-state index in [0.29, 0.717) is 5.92 Å². The molecule has 3 nitrogen and oxygen atoms in total. The fourth-order valence-electron chi connectivity index (χ4n) is 2.95. The van der Waals surface area contributed by atoms with Gasteiger partial charge in [0.05, 0.1) is 17.7 Å². The van der Waals surface area contributed by atoms with Crippen molar-refractivity contribution in [3.05, 3.63) is 34.9 Å². The van der Waals surface area contributed by atoms with E-state index in [1.807, 2.05) is 4.90 Å². The Hall–Kier alpha value is -1.56. The highest BCUT2D eigenvalue weighted by Crippen LogP contribution is 2.34. The number of carbonyl (C=O) groups is 1. The molecule has 0 spiro atoms. The van der Waals surface area contributed by atoms with E-state index in [2.05, 4.69) is 6.92 Å². The number of carbonyl (C=O) groups excluding carboxylic acids is 1. The summed E-state index contributed by atoms with van der Waals surface area (Å²) in [5, 5.41) is 0. The zero-order valence-electron chi connectivity index (χ0n) is 13.4. The van der Waals surface area contributed by atoms with Gasteiger partial charge in [0.1, 0.15) is 0 Å². The molecule has 1 atom stereocenters. The van der Waals surface area contributed by atoms with Crippen LogP contribution in [-0.2, 0) is 17.5 Å². The standard InChI is InChI=1S/C17H22F3NO2/c1-3-12-7-8-21(10-12)11-14-6-5-13(16(22)23-4-2)9-15(14)17(18,19)20/h5-6,9,12H,3-4,7-8,10-11H2,1-2H3/t12-/m1/s1. The molecule has 0 aromatic heterocycles. The first kappa shape index (κ1) is 17.8. The molecule has 0 amide bonds. The van der Waals surface area contributed by atoms with Crippen molar-refractivity contribution in [2.75, 3.05) is 19.7 Å². The molecule has 1 aliphatic heterocycles. The lowest BCUT2D eigenvalue weighted by Crippen LogP contribution is -2.23. The van der Waals surface area contributed by atoms with Gasteiger partial charge >= 0.3 is 12.1 Å². The van der Waals surface area contributed by atoms with Gasteiger partial charge in [-0.2, -0.15) is 13.2 Å². The van der Waals surface area contributed by atoms with Crippen molar-refractivity contribution < 1.29 is 22.7 Å². The predicted octanol–water partition coefficient (Wildman–Crippen LogP) is 4.11. The molecule has 1 aromatic carbocycles. The summed E-state index contributed by atoms with van der Waals surface area (Å²) in [5.41, 5.74) is -0.596. The van der Waals surface area contributed by atoms with Crippen LogP contribution in [0.3, 0.4) is 0 Å². The van der Waals surface area contributed by atoms with Crippen molar-refractivity contribution in [2.24, 2.45) is 5.92 Å². The Balaban J connectivity index is 2.23. The van der Waals surface area contributed by atoms with Gasteiger partial charge < -0.3 is 4.74 Å². The van der Waals surface area contributed by atoms with E-state index in [-0.39, 0.29) is 24.3 Å². The number of ether oxygens (including phenoxy) is 1. The predicted molar refractivity (Wildman–Crippen MR) is 81.1 cm³/mol. The van der Waals surface area contributed by atoms with E-state index in [0.717, 1.165) is 32.0 Å². The van der Waals surface area contributed by atoms with E-state index in [1.165, 1.54) is 12.1 Å². The summed E-state index contributed by atoms with van der Waals surface area (Å²) in [6.07, 6.45) is -2.41. The molecule has 1 fully saturated rings. The van der Waals surface area contributed by atoms with Crippen molar-refractivity contribution in [3.8, 4) is 0 Å². The van der Waals surface area contributed by atoms with E-state index >= 15 is 0 Å². The number of nitrogens with zero attached hydrogens (tertiary/aromatic N) is 1. The molecule has 0 aliphatic carbocycles. The highest BCUT2D eigenvalue weighted by molar-refractivity contribution is 5.89. The van der Waals surface area contributed by atoms with Gasteiger partial charge in [0.2, 0.25) is 0 Å². The Bertz CT molecular complexity index is 557. The Morgan fingerprint density at radius 2 is 2.09 bits per heavy atom. The zero-order chi connectivity index (χ0) is 17.0. The average Bonchev–Trinajstić information content (AvgIpc) is 2.94. The Morgan fingerprint density at radius 3 is 2.65 bits per heavy atom. The van der Waals surface area contributed by atoms with E-state index in [4.69, 9.17) is 4.74 Å². The second-order valence-corrected chi connectivity index (χ2v) is 5.89. The molecule has 1 heterocycles. The summed E-state index contributed by atoms with van der Waals surface area (Å²) in [6, 6.07) is 3.71. The normalized spacial score (nSPS) is 19.1. The minimum Gasteiger partial charge on any atom is -0.462 e. The van der Waals surface area contributed by atoms with Crippen LogP contribution in [0.1, 0.15) is 48.2 Å². The SMILES string of the molecule is CCOC(=O)c1ccc(CN2CC[C@@H](CC)C2)c(C(F)(F)F)c1. The minimum atomic E-state index is -4.48. The quantitative estimate of drug-likeness (QED) is 0.761. The van der Waals surface area contributed by atoms with Gasteiger partial charge in [0.15, 0.2) is 0 Å². The molecule has 1 saturated heterocycles. The van der Waals surface area contributed by atoms with Gasteiger partial charge in [-0.3, -0.25) is 4.90 Å². The highest BCUT2D eigenvalue weighted by atomic mass is 19.4. The summed E-state index contributed by atoms with van der Waals surface area (Å²) in [4.78, 5) is 13.7. The van der Waals surface area contributed by atoms with Gasteiger partial charge in [-0.05, 0) is 43.5 Å². The van der Waals surface area contributed by atoms with Crippen molar-refractivity contribution >= 4 is 5.97 Å². The Kier molecular flexibility index (Phi) is 5.68. The maximum absolute atomic E-state index is 13.3. The van der Waals surface area contributed by atoms with Crippen LogP contribution >= 0.6 is 0 Å². The molecule has 0 N–H and O–H groups in total. The summed E-state index contributed by atoms with van der Waals surface area (Å²) in [5.74, 6) is -0.167. The number of hydrogen-bond acceptors (Lipinski definition) is 3. The second kappa shape index (κ2) is 7.34. The lowest BCUT2D eigenvalue weighted by Gasteiger charge is -2.20. The maximum atomic E-state index is 13.3. The van der Waals surface area contributed by atoms with Crippen LogP contribution in [0.25, 0.3) is 0 Å². The molecule has 1 aromatic rings. The van der Waals surface area contributed by atoms with Gasteiger partial charge in [-0.25, -0.2) is 4.79 Å².